The van der Waals surface area contributed by atoms with E-state index in [1.165, 1.54) is 0 Å². The van der Waals surface area contributed by atoms with Crippen molar-refractivity contribution >= 4 is 17.3 Å². The van der Waals surface area contributed by atoms with Crippen LogP contribution in [0.2, 0.25) is 5.02 Å². The molecule has 17 heavy (non-hydrogen) atoms. The monoisotopic (exact) mass is 256 g/mol. The van der Waals surface area contributed by atoms with Crippen molar-refractivity contribution in [2.75, 3.05) is 5.73 Å². The molecule has 4 heteroatoms. The summed E-state index contributed by atoms with van der Waals surface area (Å²) in [5, 5.41) is 10.6. The van der Waals surface area contributed by atoms with Crippen LogP contribution in [0.15, 0.2) is 18.2 Å². The number of hydrogen-bond acceptors (Lipinski definition) is 3. The second-order valence-corrected chi connectivity index (χ2v) is 5.27. The normalized spacial score (nSPS) is 14.9. The lowest BCUT2D eigenvalue weighted by molar-refractivity contribution is 0.128. The molecule has 0 aliphatic heterocycles. The van der Waals surface area contributed by atoms with E-state index in [9.17, 15) is 5.11 Å². The van der Waals surface area contributed by atoms with Crippen LogP contribution in [-0.4, -0.2) is 11.2 Å². The molecule has 5 N–H and O–H groups in total. The van der Waals surface area contributed by atoms with Crippen LogP contribution >= 0.6 is 11.6 Å². The minimum atomic E-state index is -0.585. The predicted molar refractivity (Wildman–Crippen MR) is 72.9 cm³/mol. The summed E-state index contributed by atoms with van der Waals surface area (Å²) in [7, 11) is 0. The zero-order valence-corrected chi connectivity index (χ0v) is 11.1. The largest absolute Gasteiger partial charge is 0.398 e. The summed E-state index contributed by atoms with van der Waals surface area (Å²) in [5.74, 6) is 0.550. The molecule has 0 aliphatic rings. The van der Waals surface area contributed by atoms with E-state index < -0.39 is 12.1 Å². The zero-order valence-electron chi connectivity index (χ0n) is 10.4. The molecule has 0 fully saturated rings. The fourth-order valence-corrected chi connectivity index (χ4v) is 1.91. The van der Waals surface area contributed by atoms with Crippen LogP contribution in [0.1, 0.15) is 38.3 Å². The van der Waals surface area contributed by atoms with Crippen LogP contribution in [0.3, 0.4) is 0 Å². The molecule has 0 saturated heterocycles. The van der Waals surface area contributed by atoms with Gasteiger partial charge in [-0.1, -0.05) is 25.4 Å². The molecule has 0 radical (unpaired) electrons. The Kier molecular flexibility index (Phi) is 5.25. The third-order valence-corrected chi connectivity index (χ3v) is 3.10. The minimum Gasteiger partial charge on any atom is -0.398 e. The molecule has 0 saturated carbocycles. The third kappa shape index (κ3) is 4.19. The molecule has 0 aliphatic carbocycles. The van der Waals surface area contributed by atoms with Crippen molar-refractivity contribution in [3.63, 3.8) is 0 Å². The van der Waals surface area contributed by atoms with Gasteiger partial charge in [-0.25, -0.2) is 0 Å². The highest BCUT2D eigenvalue weighted by Crippen LogP contribution is 2.26. The summed E-state index contributed by atoms with van der Waals surface area (Å²) < 4.78 is 0. The van der Waals surface area contributed by atoms with Crippen molar-refractivity contribution in [2.24, 2.45) is 11.7 Å². The van der Waals surface area contributed by atoms with Crippen molar-refractivity contribution in [1.82, 2.24) is 0 Å². The average Bonchev–Trinajstić information content (AvgIpc) is 2.28. The molecule has 2 atom stereocenters. The molecular formula is C13H21ClN2O. The van der Waals surface area contributed by atoms with Crippen LogP contribution in [-0.2, 0) is 0 Å². The third-order valence-electron chi connectivity index (χ3n) is 2.86. The van der Waals surface area contributed by atoms with Crippen LogP contribution in [0.5, 0.6) is 0 Å². The number of rotatable bonds is 5. The lowest BCUT2D eigenvalue weighted by atomic mass is 9.95. The molecule has 96 valence electrons. The molecule has 0 bridgehead atoms. The van der Waals surface area contributed by atoms with Gasteiger partial charge in [-0.3, -0.25) is 0 Å². The highest BCUT2D eigenvalue weighted by atomic mass is 35.5. The van der Waals surface area contributed by atoms with Crippen molar-refractivity contribution in [2.45, 2.75) is 38.8 Å². The van der Waals surface area contributed by atoms with Gasteiger partial charge >= 0.3 is 0 Å². The minimum absolute atomic E-state index is 0.479. The van der Waals surface area contributed by atoms with E-state index in [1.54, 1.807) is 18.2 Å². The van der Waals surface area contributed by atoms with E-state index in [4.69, 9.17) is 23.1 Å². The predicted octanol–water partition coefficient (Wildman–Crippen LogP) is 2.72. The molecule has 0 unspecified atom stereocenters. The number of anilines is 1. The molecule has 0 aromatic heterocycles. The maximum absolute atomic E-state index is 10.0. The van der Waals surface area contributed by atoms with Crippen LogP contribution < -0.4 is 11.5 Å². The fraction of sp³-hybridized carbons (Fsp3) is 0.538. The smallest absolute Gasteiger partial charge is 0.0733 e. The summed E-state index contributed by atoms with van der Waals surface area (Å²) in [4.78, 5) is 0. The SMILES string of the molecule is CC(C)CC[C@@H](O)[C@@H](N)c1cc(Cl)ccc1N. The number of aliphatic hydroxyl groups is 1. The van der Waals surface area contributed by atoms with Crippen molar-refractivity contribution in [3.05, 3.63) is 28.8 Å². The van der Waals surface area contributed by atoms with Gasteiger partial charge in [0.25, 0.3) is 0 Å². The van der Waals surface area contributed by atoms with E-state index in [1.807, 2.05) is 0 Å². The first-order valence-electron chi connectivity index (χ1n) is 5.90. The molecule has 0 spiro atoms. The van der Waals surface area contributed by atoms with Gasteiger partial charge in [0.05, 0.1) is 12.1 Å². The number of nitrogens with two attached hydrogens (primary N) is 2. The maximum Gasteiger partial charge on any atom is 0.0733 e. The molecule has 1 aromatic rings. The first-order valence-corrected chi connectivity index (χ1v) is 6.28. The Labute approximate surface area is 108 Å². The van der Waals surface area contributed by atoms with Gasteiger partial charge in [0.2, 0.25) is 0 Å². The standard InChI is InChI=1S/C13H21ClN2O/c1-8(2)3-6-12(17)13(16)10-7-9(14)4-5-11(10)15/h4-5,7-8,12-13,17H,3,6,15-16H2,1-2H3/t12-,13+/m1/s1. The quantitative estimate of drug-likeness (QED) is 0.710. The Morgan fingerprint density at radius 1 is 1.29 bits per heavy atom. The van der Waals surface area contributed by atoms with E-state index in [0.717, 1.165) is 6.42 Å². The van der Waals surface area contributed by atoms with Crippen LogP contribution in [0, 0.1) is 5.92 Å². The number of nitrogen functional groups attached to an aromatic ring is 1. The molecular weight excluding hydrogens is 236 g/mol. The Morgan fingerprint density at radius 3 is 2.53 bits per heavy atom. The Bertz CT molecular complexity index is 368. The summed E-state index contributed by atoms with van der Waals surface area (Å²) >= 11 is 5.90. The average molecular weight is 257 g/mol. The number of hydrogen-bond donors (Lipinski definition) is 3. The summed E-state index contributed by atoms with van der Waals surface area (Å²) in [6.45, 7) is 4.23. The van der Waals surface area contributed by atoms with Gasteiger partial charge in [-0.15, -0.1) is 0 Å². The molecule has 3 nitrogen and oxygen atoms in total. The number of aliphatic hydroxyl groups excluding tert-OH is 1. The van der Waals surface area contributed by atoms with Gasteiger partial charge in [0, 0.05) is 10.7 Å². The molecule has 0 amide bonds. The van der Waals surface area contributed by atoms with Crippen molar-refractivity contribution in [3.8, 4) is 0 Å². The second kappa shape index (κ2) is 6.24. The number of benzene rings is 1. The summed E-state index contributed by atoms with van der Waals surface area (Å²) in [6.07, 6.45) is 1.03. The Balaban J connectivity index is 2.74. The van der Waals surface area contributed by atoms with Gasteiger partial charge < -0.3 is 16.6 Å². The van der Waals surface area contributed by atoms with E-state index in [2.05, 4.69) is 13.8 Å². The van der Waals surface area contributed by atoms with Crippen molar-refractivity contribution in [1.29, 1.82) is 0 Å². The van der Waals surface area contributed by atoms with Crippen LogP contribution in [0.25, 0.3) is 0 Å². The van der Waals surface area contributed by atoms with E-state index in [-0.39, 0.29) is 0 Å². The molecule has 0 heterocycles. The second-order valence-electron chi connectivity index (χ2n) is 4.84. The highest BCUT2D eigenvalue weighted by Gasteiger charge is 2.19. The molecule has 1 aromatic carbocycles. The van der Waals surface area contributed by atoms with Gasteiger partial charge in [0.1, 0.15) is 0 Å². The van der Waals surface area contributed by atoms with Crippen molar-refractivity contribution < 1.29 is 5.11 Å². The lowest BCUT2D eigenvalue weighted by Gasteiger charge is -2.21. The van der Waals surface area contributed by atoms with Gasteiger partial charge in [-0.05, 0) is 42.5 Å². The van der Waals surface area contributed by atoms with Gasteiger partial charge in [-0.2, -0.15) is 0 Å². The topological polar surface area (TPSA) is 72.3 Å². The maximum atomic E-state index is 10.0. The van der Waals surface area contributed by atoms with E-state index >= 15 is 0 Å². The number of halogens is 1. The Morgan fingerprint density at radius 2 is 1.94 bits per heavy atom. The first-order chi connectivity index (χ1) is 7.91. The first kappa shape index (κ1) is 14.3. The van der Waals surface area contributed by atoms with Gasteiger partial charge in [0.15, 0.2) is 0 Å². The fourth-order valence-electron chi connectivity index (χ4n) is 1.73. The highest BCUT2D eigenvalue weighted by molar-refractivity contribution is 6.30. The van der Waals surface area contributed by atoms with E-state index in [0.29, 0.717) is 28.6 Å². The summed E-state index contributed by atoms with van der Waals surface area (Å²) in [6, 6.07) is 4.67. The Hall–Kier alpha value is -0.770. The summed E-state index contributed by atoms with van der Waals surface area (Å²) in [5.41, 5.74) is 13.1. The zero-order chi connectivity index (χ0) is 13.0. The lowest BCUT2D eigenvalue weighted by Crippen LogP contribution is -2.27. The molecule has 1 rings (SSSR count). The van der Waals surface area contributed by atoms with Crippen LogP contribution in [0.4, 0.5) is 5.69 Å².